The van der Waals surface area contributed by atoms with Crippen LogP contribution in [0.5, 0.6) is 0 Å². The first kappa shape index (κ1) is 16.8. The van der Waals surface area contributed by atoms with E-state index in [0.717, 1.165) is 43.7 Å². The molecule has 124 valence electrons. The van der Waals surface area contributed by atoms with Crippen LogP contribution in [0.15, 0.2) is 6.33 Å². The van der Waals surface area contributed by atoms with Gasteiger partial charge in [0.15, 0.2) is 0 Å². The van der Waals surface area contributed by atoms with Crippen molar-refractivity contribution in [3.63, 3.8) is 0 Å². The number of likely N-dealkylation sites (tertiary alicyclic amines) is 1. The highest BCUT2D eigenvalue weighted by molar-refractivity contribution is 5.68. The van der Waals surface area contributed by atoms with Crippen LogP contribution in [0.25, 0.3) is 0 Å². The zero-order valence-corrected chi connectivity index (χ0v) is 14.1. The lowest BCUT2D eigenvalue weighted by Gasteiger charge is -2.36. The van der Waals surface area contributed by atoms with Crippen molar-refractivity contribution in [3.8, 4) is 0 Å². The maximum atomic E-state index is 12.3. The summed E-state index contributed by atoms with van der Waals surface area (Å²) < 4.78 is 5.52. The van der Waals surface area contributed by atoms with Crippen molar-refractivity contribution in [2.24, 2.45) is 0 Å². The van der Waals surface area contributed by atoms with Gasteiger partial charge in [-0.25, -0.2) is 9.78 Å². The molecule has 1 unspecified atom stereocenters. The average molecular weight is 308 g/mol. The van der Waals surface area contributed by atoms with Gasteiger partial charge in [0.05, 0.1) is 12.0 Å². The van der Waals surface area contributed by atoms with Gasteiger partial charge in [-0.1, -0.05) is 0 Å². The Bertz CT molecular complexity index is 493. The molecule has 2 heterocycles. The molecule has 1 fully saturated rings. The van der Waals surface area contributed by atoms with E-state index < -0.39 is 5.60 Å². The topological polar surface area (TPSA) is 70.2 Å². The second-order valence-electron chi connectivity index (χ2n) is 6.93. The van der Waals surface area contributed by atoms with Gasteiger partial charge in [-0.05, 0) is 47.0 Å². The standard InChI is InChI=1S/C16H28N4O2/c1-12-14(19-11-18-12)10-17-9-13-7-5-6-8-20(13)15(21)22-16(2,3)4/h11,13,17H,5-10H2,1-4H3,(H,18,19). The molecular weight excluding hydrogens is 280 g/mol. The molecule has 2 N–H and O–H groups in total. The second kappa shape index (κ2) is 7.13. The number of rotatable bonds is 4. The molecule has 1 amide bonds. The minimum Gasteiger partial charge on any atom is -0.444 e. The maximum absolute atomic E-state index is 12.3. The summed E-state index contributed by atoms with van der Waals surface area (Å²) in [5, 5.41) is 3.41. The number of imidazole rings is 1. The quantitative estimate of drug-likeness (QED) is 0.897. The normalized spacial score (nSPS) is 19.3. The number of nitrogens with one attached hydrogen (secondary N) is 2. The highest BCUT2D eigenvalue weighted by atomic mass is 16.6. The lowest BCUT2D eigenvalue weighted by atomic mass is 10.0. The highest BCUT2D eigenvalue weighted by Crippen LogP contribution is 2.20. The Morgan fingerprint density at radius 2 is 2.27 bits per heavy atom. The van der Waals surface area contributed by atoms with Crippen LogP contribution in [-0.4, -0.2) is 45.7 Å². The summed E-state index contributed by atoms with van der Waals surface area (Å²) in [5.74, 6) is 0. The van der Waals surface area contributed by atoms with Crippen LogP contribution in [0.4, 0.5) is 4.79 Å². The molecule has 1 aromatic heterocycles. The zero-order valence-electron chi connectivity index (χ0n) is 14.1. The first-order valence-electron chi connectivity index (χ1n) is 8.06. The fraction of sp³-hybridized carbons (Fsp3) is 0.750. The summed E-state index contributed by atoms with van der Waals surface area (Å²) in [6.07, 6.45) is 4.74. The molecule has 1 saturated heterocycles. The van der Waals surface area contributed by atoms with Crippen LogP contribution >= 0.6 is 0 Å². The van der Waals surface area contributed by atoms with Crippen molar-refractivity contribution in [1.29, 1.82) is 0 Å². The molecule has 6 nitrogen and oxygen atoms in total. The van der Waals surface area contributed by atoms with Crippen molar-refractivity contribution in [1.82, 2.24) is 20.2 Å². The Balaban J connectivity index is 1.87. The number of hydrogen-bond acceptors (Lipinski definition) is 4. The number of aromatic amines is 1. The third kappa shape index (κ3) is 4.73. The van der Waals surface area contributed by atoms with Crippen LogP contribution in [0.3, 0.4) is 0 Å². The van der Waals surface area contributed by atoms with Crippen molar-refractivity contribution in [2.75, 3.05) is 13.1 Å². The summed E-state index contributed by atoms with van der Waals surface area (Å²) in [7, 11) is 0. The lowest BCUT2D eigenvalue weighted by molar-refractivity contribution is 0.00993. The first-order valence-corrected chi connectivity index (χ1v) is 8.06. The molecule has 1 atom stereocenters. The number of aryl methyl sites for hydroxylation is 1. The zero-order chi connectivity index (χ0) is 16.2. The van der Waals surface area contributed by atoms with Gasteiger partial charge in [0.1, 0.15) is 5.60 Å². The van der Waals surface area contributed by atoms with Gasteiger partial charge in [0.2, 0.25) is 0 Å². The summed E-state index contributed by atoms with van der Waals surface area (Å²) in [5.41, 5.74) is 1.67. The van der Waals surface area contributed by atoms with Gasteiger partial charge in [0, 0.05) is 31.4 Å². The Kier molecular flexibility index (Phi) is 5.45. The van der Waals surface area contributed by atoms with E-state index in [-0.39, 0.29) is 12.1 Å². The number of carbonyl (C=O) groups excluding carboxylic acids is 1. The van der Waals surface area contributed by atoms with E-state index in [0.29, 0.717) is 6.54 Å². The van der Waals surface area contributed by atoms with E-state index in [1.165, 1.54) is 0 Å². The molecule has 1 aliphatic rings. The molecule has 0 aromatic carbocycles. The van der Waals surface area contributed by atoms with E-state index in [9.17, 15) is 4.79 Å². The summed E-state index contributed by atoms with van der Waals surface area (Å²) in [4.78, 5) is 21.6. The van der Waals surface area contributed by atoms with Gasteiger partial charge >= 0.3 is 6.09 Å². The molecule has 6 heteroatoms. The number of carbonyl (C=O) groups is 1. The van der Waals surface area contributed by atoms with E-state index in [1.54, 1.807) is 6.33 Å². The van der Waals surface area contributed by atoms with Crippen molar-refractivity contribution in [3.05, 3.63) is 17.7 Å². The third-order valence-electron chi connectivity index (χ3n) is 3.86. The average Bonchev–Trinajstić information content (AvgIpc) is 2.83. The third-order valence-corrected chi connectivity index (χ3v) is 3.86. The van der Waals surface area contributed by atoms with E-state index in [4.69, 9.17) is 4.74 Å². The van der Waals surface area contributed by atoms with Crippen LogP contribution in [-0.2, 0) is 11.3 Å². The van der Waals surface area contributed by atoms with Crippen molar-refractivity contribution < 1.29 is 9.53 Å². The predicted molar refractivity (Wildman–Crippen MR) is 85.6 cm³/mol. The lowest BCUT2D eigenvalue weighted by Crippen LogP contribution is -2.50. The monoisotopic (exact) mass is 308 g/mol. The largest absolute Gasteiger partial charge is 0.444 e. The number of nitrogens with zero attached hydrogens (tertiary/aromatic N) is 2. The van der Waals surface area contributed by atoms with E-state index >= 15 is 0 Å². The smallest absolute Gasteiger partial charge is 0.410 e. The molecule has 1 aliphatic heterocycles. The van der Waals surface area contributed by atoms with E-state index in [2.05, 4.69) is 15.3 Å². The van der Waals surface area contributed by atoms with Crippen LogP contribution in [0.2, 0.25) is 0 Å². The number of hydrogen-bond donors (Lipinski definition) is 2. The molecule has 22 heavy (non-hydrogen) atoms. The number of piperidine rings is 1. The summed E-state index contributed by atoms with van der Waals surface area (Å²) >= 11 is 0. The Morgan fingerprint density at radius 1 is 1.50 bits per heavy atom. The number of H-pyrrole nitrogens is 1. The minimum absolute atomic E-state index is 0.197. The van der Waals surface area contributed by atoms with Gasteiger partial charge < -0.3 is 19.9 Å². The van der Waals surface area contributed by atoms with Crippen LogP contribution in [0.1, 0.15) is 51.4 Å². The molecule has 0 radical (unpaired) electrons. The van der Waals surface area contributed by atoms with Crippen LogP contribution < -0.4 is 5.32 Å². The Labute approximate surface area is 132 Å². The molecule has 0 aliphatic carbocycles. The fourth-order valence-corrected chi connectivity index (χ4v) is 2.70. The van der Waals surface area contributed by atoms with Gasteiger partial charge in [0.25, 0.3) is 0 Å². The molecule has 1 aromatic rings. The SMILES string of the molecule is Cc1[nH]cnc1CNCC1CCCCN1C(=O)OC(C)(C)C. The molecule has 0 spiro atoms. The predicted octanol–water partition coefficient (Wildman–Crippen LogP) is 2.60. The summed E-state index contributed by atoms with van der Waals surface area (Å²) in [6.45, 7) is 9.99. The maximum Gasteiger partial charge on any atom is 0.410 e. The van der Waals surface area contributed by atoms with E-state index in [1.807, 2.05) is 32.6 Å². The van der Waals surface area contributed by atoms with Crippen LogP contribution in [0, 0.1) is 6.92 Å². The van der Waals surface area contributed by atoms with Crippen molar-refractivity contribution in [2.45, 2.75) is 65.1 Å². The minimum atomic E-state index is -0.446. The van der Waals surface area contributed by atoms with Gasteiger partial charge in [-0.15, -0.1) is 0 Å². The molecular formula is C16H28N4O2. The first-order chi connectivity index (χ1) is 10.4. The Hall–Kier alpha value is -1.56. The number of ether oxygens (including phenoxy) is 1. The number of amides is 1. The highest BCUT2D eigenvalue weighted by Gasteiger charge is 2.30. The number of aromatic nitrogens is 2. The molecule has 0 bridgehead atoms. The fourth-order valence-electron chi connectivity index (χ4n) is 2.70. The summed E-state index contributed by atoms with van der Waals surface area (Å²) in [6, 6.07) is 0.197. The molecule has 0 saturated carbocycles. The second-order valence-corrected chi connectivity index (χ2v) is 6.93. The van der Waals surface area contributed by atoms with Crippen molar-refractivity contribution >= 4 is 6.09 Å². The van der Waals surface area contributed by atoms with Gasteiger partial charge in [-0.3, -0.25) is 0 Å². The Morgan fingerprint density at radius 3 is 2.91 bits per heavy atom. The van der Waals surface area contributed by atoms with Gasteiger partial charge in [-0.2, -0.15) is 0 Å². The molecule has 2 rings (SSSR count).